The fraction of sp³-hybridized carbons (Fsp3) is 0.154. The molecule has 1 N–H and O–H groups in total. The largest absolute Gasteiger partial charge is 0.362 e. The van der Waals surface area contributed by atoms with Crippen molar-refractivity contribution in [3.63, 3.8) is 0 Å². The van der Waals surface area contributed by atoms with Gasteiger partial charge in [-0.05, 0) is 47.2 Å². The Morgan fingerprint density at radius 3 is 3.05 bits per heavy atom. The van der Waals surface area contributed by atoms with E-state index in [1.165, 1.54) is 4.63 Å². The van der Waals surface area contributed by atoms with Crippen LogP contribution in [-0.2, 0) is 0 Å². The van der Waals surface area contributed by atoms with Gasteiger partial charge in [-0.3, -0.25) is 0 Å². The topological polar surface area (TPSA) is 91.8 Å². The van der Waals surface area contributed by atoms with Crippen molar-refractivity contribution in [3.05, 3.63) is 47.5 Å². The zero-order chi connectivity index (χ0) is 13.9. The molecule has 20 heavy (non-hydrogen) atoms. The molecule has 0 amide bonds. The fourth-order valence-corrected chi connectivity index (χ4v) is 1.91. The maximum atomic E-state index is 8.92. The summed E-state index contributed by atoms with van der Waals surface area (Å²) in [4.78, 5) is 0. The van der Waals surface area contributed by atoms with Crippen molar-refractivity contribution in [2.45, 2.75) is 13.0 Å². The van der Waals surface area contributed by atoms with E-state index in [-0.39, 0.29) is 6.04 Å². The summed E-state index contributed by atoms with van der Waals surface area (Å²) in [5, 5.41) is 27.5. The molecule has 1 unspecified atom stereocenters. The molecule has 0 saturated heterocycles. The van der Waals surface area contributed by atoms with Crippen LogP contribution in [0.1, 0.15) is 24.1 Å². The Kier molecular flexibility index (Phi) is 2.97. The number of benzene rings is 1. The lowest BCUT2D eigenvalue weighted by atomic mass is 10.1. The van der Waals surface area contributed by atoms with Gasteiger partial charge in [-0.1, -0.05) is 12.1 Å². The number of nitrogens with zero attached hydrogens (tertiary/aromatic N) is 6. The smallest absolute Gasteiger partial charge is 0.200 e. The van der Waals surface area contributed by atoms with Crippen LogP contribution < -0.4 is 5.32 Å². The molecule has 1 aromatic carbocycles. The quantitative estimate of drug-likeness (QED) is 0.772. The summed E-state index contributed by atoms with van der Waals surface area (Å²) in [7, 11) is 0. The highest BCUT2D eigenvalue weighted by Gasteiger charge is 2.08. The SMILES string of the molecule is CC(Nc1ccc2nnnn2n1)c1cccc(C#N)c1. The molecule has 0 saturated carbocycles. The Bertz CT molecular complexity index is 787. The molecule has 7 heteroatoms. The summed E-state index contributed by atoms with van der Waals surface area (Å²) in [6, 6.07) is 13.2. The Balaban J connectivity index is 1.84. The number of hydrogen-bond donors (Lipinski definition) is 1. The van der Waals surface area contributed by atoms with E-state index in [4.69, 9.17) is 5.26 Å². The first-order valence-electron chi connectivity index (χ1n) is 6.08. The maximum Gasteiger partial charge on any atom is 0.200 e. The lowest BCUT2D eigenvalue weighted by molar-refractivity contribution is 0.728. The van der Waals surface area contributed by atoms with Crippen LogP contribution in [-0.4, -0.2) is 25.3 Å². The third-order valence-electron chi connectivity index (χ3n) is 2.95. The third kappa shape index (κ3) is 2.27. The average Bonchev–Trinajstić information content (AvgIpc) is 2.95. The molecular weight excluding hydrogens is 254 g/mol. The zero-order valence-corrected chi connectivity index (χ0v) is 10.7. The predicted molar refractivity (Wildman–Crippen MR) is 71.8 cm³/mol. The van der Waals surface area contributed by atoms with Crippen molar-refractivity contribution in [2.24, 2.45) is 0 Å². The number of anilines is 1. The Morgan fingerprint density at radius 2 is 2.20 bits per heavy atom. The fourth-order valence-electron chi connectivity index (χ4n) is 1.91. The zero-order valence-electron chi connectivity index (χ0n) is 10.7. The Labute approximate surface area is 114 Å². The number of rotatable bonds is 3. The lowest BCUT2D eigenvalue weighted by Gasteiger charge is -2.14. The Hall–Kier alpha value is -3.01. The van der Waals surface area contributed by atoms with Gasteiger partial charge in [-0.2, -0.15) is 5.26 Å². The highest BCUT2D eigenvalue weighted by molar-refractivity contribution is 5.44. The van der Waals surface area contributed by atoms with E-state index in [0.717, 1.165) is 5.56 Å². The number of hydrogen-bond acceptors (Lipinski definition) is 6. The van der Waals surface area contributed by atoms with E-state index in [0.29, 0.717) is 17.0 Å². The monoisotopic (exact) mass is 265 g/mol. The minimum Gasteiger partial charge on any atom is -0.362 e. The van der Waals surface area contributed by atoms with Crippen molar-refractivity contribution in [1.82, 2.24) is 25.3 Å². The van der Waals surface area contributed by atoms with Crippen molar-refractivity contribution in [1.29, 1.82) is 5.26 Å². The van der Waals surface area contributed by atoms with E-state index >= 15 is 0 Å². The first-order valence-corrected chi connectivity index (χ1v) is 6.08. The lowest BCUT2D eigenvalue weighted by Crippen LogP contribution is -2.09. The molecule has 0 aliphatic heterocycles. The summed E-state index contributed by atoms with van der Waals surface area (Å²) in [6.07, 6.45) is 0. The molecule has 0 radical (unpaired) electrons. The van der Waals surface area contributed by atoms with Crippen LogP contribution in [0.5, 0.6) is 0 Å². The van der Waals surface area contributed by atoms with Crippen LogP contribution >= 0.6 is 0 Å². The molecule has 0 aliphatic carbocycles. The standard InChI is InChI=1S/C13H11N7/c1-9(11-4-2-3-10(7-11)8-14)15-12-5-6-13-16-18-19-20(13)17-12/h2-7,9H,1H3,(H,15,17). The summed E-state index contributed by atoms with van der Waals surface area (Å²) in [6.45, 7) is 2.00. The van der Waals surface area contributed by atoms with Crippen molar-refractivity contribution in [2.75, 3.05) is 5.32 Å². The van der Waals surface area contributed by atoms with Crippen LogP contribution in [0.4, 0.5) is 5.82 Å². The molecule has 7 nitrogen and oxygen atoms in total. The van der Waals surface area contributed by atoms with Crippen LogP contribution in [0.2, 0.25) is 0 Å². The van der Waals surface area contributed by atoms with Gasteiger partial charge in [0.25, 0.3) is 0 Å². The average molecular weight is 265 g/mol. The number of tetrazole rings is 1. The predicted octanol–water partition coefficient (Wildman–Crippen LogP) is 1.56. The maximum absolute atomic E-state index is 8.92. The second kappa shape index (κ2) is 4.93. The van der Waals surface area contributed by atoms with Crippen molar-refractivity contribution in [3.8, 4) is 6.07 Å². The molecule has 3 aromatic rings. The number of nitrogens with one attached hydrogen (secondary N) is 1. The summed E-state index contributed by atoms with van der Waals surface area (Å²) in [5.41, 5.74) is 2.25. The Morgan fingerprint density at radius 1 is 1.30 bits per heavy atom. The first-order chi connectivity index (χ1) is 9.76. The molecular formula is C13H11N7. The van der Waals surface area contributed by atoms with E-state index in [1.54, 1.807) is 12.1 Å². The van der Waals surface area contributed by atoms with E-state index in [1.807, 2.05) is 31.2 Å². The first kappa shape index (κ1) is 12.0. The van der Waals surface area contributed by atoms with Gasteiger partial charge in [0.15, 0.2) is 5.65 Å². The number of fused-ring (bicyclic) bond motifs is 1. The molecule has 1 atom stereocenters. The van der Waals surface area contributed by atoms with Crippen LogP contribution in [0.3, 0.4) is 0 Å². The highest BCUT2D eigenvalue weighted by Crippen LogP contribution is 2.18. The molecule has 2 aromatic heterocycles. The molecule has 0 fully saturated rings. The summed E-state index contributed by atoms with van der Waals surface area (Å²) >= 11 is 0. The molecule has 2 heterocycles. The van der Waals surface area contributed by atoms with Gasteiger partial charge < -0.3 is 5.32 Å². The van der Waals surface area contributed by atoms with Gasteiger partial charge in [-0.25, -0.2) is 0 Å². The normalized spacial score (nSPS) is 12.0. The molecule has 0 spiro atoms. The van der Waals surface area contributed by atoms with Gasteiger partial charge in [0.1, 0.15) is 5.82 Å². The minimum atomic E-state index is 0.0183. The number of nitriles is 1. The van der Waals surface area contributed by atoms with E-state index in [9.17, 15) is 0 Å². The molecule has 0 aliphatic rings. The van der Waals surface area contributed by atoms with Gasteiger partial charge in [-0.15, -0.1) is 14.8 Å². The van der Waals surface area contributed by atoms with Gasteiger partial charge in [0, 0.05) is 0 Å². The molecule has 0 bridgehead atoms. The minimum absolute atomic E-state index is 0.0183. The van der Waals surface area contributed by atoms with Crippen LogP contribution in [0.15, 0.2) is 36.4 Å². The second-order valence-corrected chi connectivity index (χ2v) is 4.35. The summed E-state index contributed by atoms with van der Waals surface area (Å²) in [5.74, 6) is 0.666. The molecule has 3 rings (SSSR count). The van der Waals surface area contributed by atoms with Crippen molar-refractivity contribution < 1.29 is 0 Å². The third-order valence-corrected chi connectivity index (χ3v) is 2.95. The number of aromatic nitrogens is 5. The van der Waals surface area contributed by atoms with Crippen LogP contribution in [0, 0.1) is 11.3 Å². The van der Waals surface area contributed by atoms with Gasteiger partial charge in [0.2, 0.25) is 0 Å². The second-order valence-electron chi connectivity index (χ2n) is 4.35. The van der Waals surface area contributed by atoms with Gasteiger partial charge in [0.05, 0.1) is 17.7 Å². The van der Waals surface area contributed by atoms with E-state index in [2.05, 4.69) is 32.0 Å². The van der Waals surface area contributed by atoms with Crippen molar-refractivity contribution >= 4 is 11.5 Å². The van der Waals surface area contributed by atoms with Gasteiger partial charge >= 0.3 is 0 Å². The van der Waals surface area contributed by atoms with E-state index < -0.39 is 0 Å². The summed E-state index contributed by atoms with van der Waals surface area (Å²) < 4.78 is 1.36. The van der Waals surface area contributed by atoms with Crippen LogP contribution in [0.25, 0.3) is 5.65 Å². The molecule has 98 valence electrons. The highest BCUT2D eigenvalue weighted by atomic mass is 15.6.